The Bertz CT molecular complexity index is 882. The highest BCUT2D eigenvalue weighted by Gasteiger charge is 2.27. The standard InChI is InChI=1S/C23H30F2N4O2/c24-20-7-6-19(13-21(20)25)31-11-9-18-12-22(28-27-18)16-8-10-29(14-16)15-23(30)26-17-4-2-1-3-5-17/h6-7,12-13,16-17H,1-5,8-11,14-15H2,(H,26,30)(H,27,28)/t16-/m1/s1. The third kappa shape index (κ3) is 6.03. The zero-order valence-corrected chi connectivity index (χ0v) is 17.7. The van der Waals surface area contributed by atoms with E-state index in [2.05, 4.69) is 20.4 Å². The van der Waals surface area contributed by atoms with Gasteiger partial charge in [-0.1, -0.05) is 19.3 Å². The number of nitrogens with one attached hydrogen (secondary N) is 2. The van der Waals surface area contributed by atoms with Crippen LogP contribution in [0.5, 0.6) is 5.75 Å². The number of nitrogens with zero attached hydrogens (tertiary/aromatic N) is 2. The fourth-order valence-corrected chi connectivity index (χ4v) is 4.50. The number of carbonyl (C=O) groups excluding carboxylic acids is 1. The molecule has 2 aromatic rings. The van der Waals surface area contributed by atoms with Crippen LogP contribution in [0.2, 0.25) is 0 Å². The number of likely N-dealkylation sites (tertiary alicyclic amines) is 1. The zero-order valence-electron chi connectivity index (χ0n) is 17.7. The molecule has 8 heteroatoms. The summed E-state index contributed by atoms with van der Waals surface area (Å²) < 4.78 is 31.7. The molecule has 2 heterocycles. The number of ether oxygens (including phenoxy) is 1. The lowest BCUT2D eigenvalue weighted by Gasteiger charge is -2.24. The Hall–Kier alpha value is -2.48. The molecule has 1 saturated heterocycles. The van der Waals surface area contributed by atoms with E-state index in [1.54, 1.807) is 0 Å². The number of aromatic nitrogens is 2. The first-order chi connectivity index (χ1) is 15.1. The van der Waals surface area contributed by atoms with Gasteiger partial charge in [0, 0.05) is 36.7 Å². The van der Waals surface area contributed by atoms with Crippen LogP contribution in [0, 0.1) is 11.6 Å². The SMILES string of the molecule is O=C(CN1CC[C@@H](c2cc(CCOc3ccc(F)c(F)c3)[nH]n2)C1)NC1CCCCC1. The summed E-state index contributed by atoms with van der Waals surface area (Å²) in [7, 11) is 0. The lowest BCUT2D eigenvalue weighted by atomic mass is 9.95. The van der Waals surface area contributed by atoms with Crippen molar-refractivity contribution >= 4 is 5.91 Å². The lowest BCUT2D eigenvalue weighted by molar-refractivity contribution is -0.122. The van der Waals surface area contributed by atoms with Crippen molar-refractivity contribution in [2.75, 3.05) is 26.2 Å². The number of hydrogen-bond donors (Lipinski definition) is 2. The van der Waals surface area contributed by atoms with Crippen molar-refractivity contribution in [1.29, 1.82) is 0 Å². The normalized spacial score (nSPS) is 20.1. The first kappa shape index (κ1) is 21.7. The monoisotopic (exact) mass is 432 g/mol. The molecule has 31 heavy (non-hydrogen) atoms. The fourth-order valence-electron chi connectivity index (χ4n) is 4.50. The Kier molecular flexibility index (Phi) is 7.17. The molecule has 1 aromatic carbocycles. The molecule has 0 bridgehead atoms. The van der Waals surface area contributed by atoms with E-state index >= 15 is 0 Å². The number of rotatable bonds is 8. The number of benzene rings is 1. The summed E-state index contributed by atoms with van der Waals surface area (Å²) in [4.78, 5) is 14.6. The predicted octanol–water partition coefficient (Wildman–Crippen LogP) is 3.55. The van der Waals surface area contributed by atoms with Crippen molar-refractivity contribution in [1.82, 2.24) is 20.4 Å². The van der Waals surface area contributed by atoms with Crippen LogP contribution in [0.15, 0.2) is 24.3 Å². The molecule has 2 N–H and O–H groups in total. The van der Waals surface area contributed by atoms with Gasteiger partial charge in [0.2, 0.25) is 5.91 Å². The molecule has 2 fully saturated rings. The molecule has 0 radical (unpaired) electrons. The molecule has 1 atom stereocenters. The fraction of sp³-hybridized carbons (Fsp3) is 0.565. The first-order valence-corrected chi connectivity index (χ1v) is 11.2. The molecule has 1 amide bonds. The maximum atomic E-state index is 13.2. The van der Waals surface area contributed by atoms with Crippen LogP contribution in [0.3, 0.4) is 0 Å². The highest BCUT2D eigenvalue weighted by Crippen LogP contribution is 2.26. The van der Waals surface area contributed by atoms with E-state index in [1.165, 1.54) is 25.3 Å². The highest BCUT2D eigenvalue weighted by molar-refractivity contribution is 5.78. The second-order valence-corrected chi connectivity index (χ2v) is 8.62. The van der Waals surface area contributed by atoms with Crippen LogP contribution in [0.25, 0.3) is 0 Å². The predicted molar refractivity (Wildman–Crippen MR) is 113 cm³/mol. The Morgan fingerprint density at radius 3 is 2.81 bits per heavy atom. The second-order valence-electron chi connectivity index (χ2n) is 8.62. The molecule has 168 valence electrons. The smallest absolute Gasteiger partial charge is 0.234 e. The van der Waals surface area contributed by atoms with E-state index in [9.17, 15) is 13.6 Å². The van der Waals surface area contributed by atoms with Crippen LogP contribution >= 0.6 is 0 Å². The second kappa shape index (κ2) is 10.2. The number of hydrogen-bond acceptors (Lipinski definition) is 4. The van der Waals surface area contributed by atoms with E-state index < -0.39 is 11.6 Å². The van der Waals surface area contributed by atoms with Gasteiger partial charge in [-0.3, -0.25) is 14.8 Å². The van der Waals surface area contributed by atoms with Crippen LogP contribution in [0.4, 0.5) is 8.78 Å². The zero-order chi connectivity index (χ0) is 21.6. The van der Waals surface area contributed by atoms with E-state index in [1.807, 2.05) is 6.07 Å². The van der Waals surface area contributed by atoms with Gasteiger partial charge in [-0.15, -0.1) is 0 Å². The number of H-pyrrole nitrogens is 1. The van der Waals surface area contributed by atoms with Gasteiger partial charge in [0.15, 0.2) is 11.6 Å². The Labute approximate surface area is 181 Å². The van der Waals surface area contributed by atoms with Crippen molar-refractivity contribution in [3.05, 3.63) is 47.3 Å². The first-order valence-electron chi connectivity index (χ1n) is 11.2. The minimum Gasteiger partial charge on any atom is -0.493 e. The number of aromatic amines is 1. The number of halogens is 2. The third-order valence-corrected chi connectivity index (χ3v) is 6.21. The molecule has 1 aliphatic heterocycles. The van der Waals surface area contributed by atoms with Crippen LogP contribution in [0.1, 0.15) is 55.8 Å². The van der Waals surface area contributed by atoms with Crippen molar-refractivity contribution in [3.63, 3.8) is 0 Å². The summed E-state index contributed by atoms with van der Waals surface area (Å²) in [5.74, 6) is -1.07. The van der Waals surface area contributed by atoms with Gasteiger partial charge >= 0.3 is 0 Å². The topological polar surface area (TPSA) is 70.2 Å². The van der Waals surface area contributed by atoms with Gasteiger partial charge in [-0.2, -0.15) is 5.10 Å². The van der Waals surface area contributed by atoms with Gasteiger partial charge in [0.25, 0.3) is 0 Å². The maximum absolute atomic E-state index is 13.2. The molecule has 0 spiro atoms. The quantitative estimate of drug-likeness (QED) is 0.669. The van der Waals surface area contributed by atoms with Gasteiger partial charge in [-0.25, -0.2) is 8.78 Å². The van der Waals surface area contributed by atoms with Gasteiger partial charge in [0.05, 0.1) is 18.8 Å². The van der Waals surface area contributed by atoms with Crippen molar-refractivity contribution < 1.29 is 18.3 Å². The number of amides is 1. The molecule has 1 saturated carbocycles. The summed E-state index contributed by atoms with van der Waals surface area (Å²) >= 11 is 0. The van der Waals surface area contributed by atoms with E-state index in [-0.39, 0.29) is 5.91 Å². The summed E-state index contributed by atoms with van der Waals surface area (Å²) in [6.07, 6.45) is 7.48. The molecule has 0 unspecified atom stereocenters. The van der Waals surface area contributed by atoms with Crippen LogP contribution in [-0.4, -0.2) is 53.3 Å². The largest absolute Gasteiger partial charge is 0.493 e. The van der Waals surface area contributed by atoms with E-state index in [0.717, 1.165) is 55.9 Å². The minimum atomic E-state index is -0.917. The molecule has 1 aliphatic carbocycles. The third-order valence-electron chi connectivity index (χ3n) is 6.21. The molecular weight excluding hydrogens is 402 g/mol. The van der Waals surface area contributed by atoms with Gasteiger partial charge in [0.1, 0.15) is 5.75 Å². The average molecular weight is 433 g/mol. The van der Waals surface area contributed by atoms with E-state index in [4.69, 9.17) is 4.74 Å². The maximum Gasteiger partial charge on any atom is 0.234 e. The van der Waals surface area contributed by atoms with Gasteiger partial charge < -0.3 is 10.1 Å². The van der Waals surface area contributed by atoms with Gasteiger partial charge in [-0.05, 0) is 44.0 Å². The van der Waals surface area contributed by atoms with Crippen LogP contribution in [-0.2, 0) is 11.2 Å². The summed E-state index contributed by atoms with van der Waals surface area (Å²) in [5.41, 5.74) is 1.93. The Morgan fingerprint density at radius 2 is 2.00 bits per heavy atom. The summed E-state index contributed by atoms with van der Waals surface area (Å²) in [6, 6.07) is 5.90. The molecule has 2 aliphatic rings. The molecule has 6 nitrogen and oxygen atoms in total. The van der Waals surface area contributed by atoms with E-state index in [0.29, 0.717) is 37.3 Å². The minimum absolute atomic E-state index is 0.129. The summed E-state index contributed by atoms with van der Waals surface area (Å²) in [6.45, 7) is 2.51. The molecular formula is C23H30F2N4O2. The average Bonchev–Trinajstić information content (AvgIpc) is 3.41. The number of carbonyl (C=O) groups is 1. The van der Waals surface area contributed by atoms with Crippen molar-refractivity contribution in [2.45, 2.75) is 56.9 Å². The Morgan fingerprint density at radius 1 is 1.16 bits per heavy atom. The lowest BCUT2D eigenvalue weighted by Crippen LogP contribution is -2.42. The van der Waals surface area contributed by atoms with Crippen LogP contribution < -0.4 is 10.1 Å². The molecule has 1 aromatic heterocycles. The molecule has 4 rings (SSSR count). The van der Waals surface area contributed by atoms with Crippen molar-refractivity contribution in [3.8, 4) is 5.75 Å². The highest BCUT2D eigenvalue weighted by atomic mass is 19.2. The Balaban J connectivity index is 1.20. The van der Waals surface area contributed by atoms with Crippen molar-refractivity contribution in [2.24, 2.45) is 0 Å². The summed E-state index contributed by atoms with van der Waals surface area (Å²) in [5, 5.41) is 10.7.